The Bertz CT molecular complexity index is 1500. The van der Waals surface area contributed by atoms with Gasteiger partial charge in [-0.1, -0.05) is 13.0 Å². The third-order valence-electron chi connectivity index (χ3n) is 7.23. The number of nitrogens with zero attached hydrogens (tertiary/aromatic N) is 7. The number of anilines is 3. The fourth-order valence-electron chi connectivity index (χ4n) is 5.05. The fraction of sp³-hybridized carbons (Fsp3) is 0.448. The molecule has 0 amide bonds. The van der Waals surface area contributed by atoms with E-state index in [1.165, 1.54) is 5.69 Å². The normalized spacial score (nSPS) is 14.7. The van der Waals surface area contributed by atoms with Gasteiger partial charge >= 0.3 is 0 Å². The molecule has 4 N–H and O–H groups in total. The van der Waals surface area contributed by atoms with Crippen molar-refractivity contribution in [3.8, 4) is 5.82 Å². The van der Waals surface area contributed by atoms with Gasteiger partial charge in [-0.05, 0) is 76.2 Å². The molecule has 0 aliphatic carbocycles. The van der Waals surface area contributed by atoms with Crippen LogP contribution in [0.5, 0.6) is 0 Å². The van der Waals surface area contributed by atoms with Crippen LogP contribution in [0.4, 0.5) is 17.3 Å². The van der Waals surface area contributed by atoms with Crippen LogP contribution in [0.25, 0.3) is 16.9 Å². The van der Waals surface area contributed by atoms with Crippen molar-refractivity contribution in [3.05, 3.63) is 64.7 Å². The number of hydrogen-bond acceptors (Lipinski definition) is 9. The van der Waals surface area contributed by atoms with Crippen molar-refractivity contribution >= 4 is 28.4 Å². The van der Waals surface area contributed by atoms with E-state index in [4.69, 9.17) is 10.7 Å². The highest BCUT2D eigenvalue weighted by Crippen LogP contribution is 2.24. The van der Waals surface area contributed by atoms with Crippen molar-refractivity contribution in [1.29, 1.82) is 0 Å². The third kappa shape index (κ3) is 5.86. The fourth-order valence-corrected chi connectivity index (χ4v) is 5.05. The van der Waals surface area contributed by atoms with Crippen molar-refractivity contribution in [3.63, 3.8) is 0 Å². The molecule has 3 aromatic heterocycles. The number of nitrogens with two attached hydrogens (primary N) is 1. The quantitative estimate of drug-likeness (QED) is 0.275. The number of aromatic nitrogens is 5. The highest BCUT2D eigenvalue weighted by atomic mass is 16.3. The second-order valence-corrected chi connectivity index (χ2v) is 10.8. The van der Waals surface area contributed by atoms with Crippen molar-refractivity contribution in [2.24, 2.45) is 5.73 Å². The Kier molecular flexibility index (Phi) is 8.15. The predicted molar refractivity (Wildman–Crippen MR) is 159 cm³/mol. The molecule has 1 aliphatic heterocycles. The molecule has 212 valence electrons. The minimum Gasteiger partial charge on any atom is -0.384 e. The Morgan fingerprint density at radius 1 is 1.02 bits per heavy atom. The van der Waals surface area contributed by atoms with Gasteiger partial charge in [-0.15, -0.1) is 0 Å². The van der Waals surface area contributed by atoms with Crippen LogP contribution in [0.3, 0.4) is 0 Å². The minimum atomic E-state index is -1.12. The molecule has 11 nitrogen and oxygen atoms in total. The molecule has 0 saturated carbocycles. The van der Waals surface area contributed by atoms with Gasteiger partial charge in [-0.3, -0.25) is 9.69 Å². The Morgan fingerprint density at radius 3 is 2.45 bits per heavy atom. The van der Waals surface area contributed by atoms with E-state index in [9.17, 15) is 9.90 Å². The first-order chi connectivity index (χ1) is 19.3. The molecule has 0 bridgehead atoms. The Hall–Kier alpha value is -3.80. The highest BCUT2D eigenvalue weighted by molar-refractivity contribution is 5.77. The van der Waals surface area contributed by atoms with E-state index in [1.807, 2.05) is 31.2 Å². The summed E-state index contributed by atoms with van der Waals surface area (Å²) in [5.74, 6) is 0.895. The zero-order valence-corrected chi connectivity index (χ0v) is 23.5. The van der Waals surface area contributed by atoms with E-state index in [1.54, 1.807) is 35.5 Å². The van der Waals surface area contributed by atoms with Gasteiger partial charge in [0.05, 0.1) is 5.69 Å². The first-order valence-electron chi connectivity index (χ1n) is 14.0. The van der Waals surface area contributed by atoms with Crippen molar-refractivity contribution in [2.45, 2.75) is 45.8 Å². The number of fused-ring (bicyclic) bond motifs is 1. The molecule has 1 fully saturated rings. The van der Waals surface area contributed by atoms with Gasteiger partial charge in [0.25, 0.3) is 5.56 Å². The van der Waals surface area contributed by atoms with E-state index in [-0.39, 0.29) is 5.56 Å². The maximum absolute atomic E-state index is 13.3. The topological polar surface area (TPSA) is 130 Å². The van der Waals surface area contributed by atoms with Crippen LogP contribution in [0, 0.1) is 0 Å². The lowest BCUT2D eigenvalue weighted by atomic mass is 10.1. The summed E-state index contributed by atoms with van der Waals surface area (Å²) in [6.07, 6.45) is 3.36. The predicted octanol–water partition coefficient (Wildman–Crippen LogP) is 2.83. The summed E-state index contributed by atoms with van der Waals surface area (Å²) in [4.78, 5) is 32.0. The molecule has 40 heavy (non-hydrogen) atoms. The molecular formula is C29H39N9O2. The summed E-state index contributed by atoms with van der Waals surface area (Å²) < 4.78 is 3.35. The minimum absolute atomic E-state index is 0.175. The van der Waals surface area contributed by atoms with Crippen molar-refractivity contribution in [1.82, 2.24) is 29.2 Å². The lowest BCUT2D eigenvalue weighted by Gasteiger charge is -2.36. The van der Waals surface area contributed by atoms with Crippen LogP contribution >= 0.6 is 0 Å². The summed E-state index contributed by atoms with van der Waals surface area (Å²) in [5, 5.41) is 14.2. The van der Waals surface area contributed by atoms with Gasteiger partial charge in [-0.25, -0.2) is 19.3 Å². The SMILES string of the molecule is CCCn1c(=O)c2cnc(Nc3ccc(N4CCN(CCCN)CC4)cc3)nc2n1-c1cccc(C(C)(C)O)n1. The summed E-state index contributed by atoms with van der Waals surface area (Å²) >= 11 is 0. The van der Waals surface area contributed by atoms with Crippen LogP contribution in [0.1, 0.15) is 39.3 Å². The average Bonchev–Trinajstić information content (AvgIpc) is 3.23. The molecule has 1 saturated heterocycles. The molecule has 0 atom stereocenters. The van der Waals surface area contributed by atoms with Crippen molar-refractivity contribution < 1.29 is 5.11 Å². The number of aliphatic hydroxyl groups is 1. The Balaban J connectivity index is 1.40. The molecule has 0 spiro atoms. The Morgan fingerprint density at radius 2 is 1.77 bits per heavy atom. The first-order valence-corrected chi connectivity index (χ1v) is 14.0. The van der Waals surface area contributed by atoms with E-state index >= 15 is 0 Å². The van der Waals surface area contributed by atoms with E-state index in [0.29, 0.717) is 35.0 Å². The molecule has 1 aromatic carbocycles. The molecule has 4 heterocycles. The largest absolute Gasteiger partial charge is 0.384 e. The number of hydrogen-bond donors (Lipinski definition) is 3. The van der Waals surface area contributed by atoms with Crippen LogP contribution in [0.15, 0.2) is 53.5 Å². The molecule has 5 rings (SSSR count). The third-order valence-corrected chi connectivity index (χ3v) is 7.23. The van der Waals surface area contributed by atoms with E-state index in [0.717, 1.165) is 57.8 Å². The first kappa shape index (κ1) is 27.8. The van der Waals surface area contributed by atoms with Gasteiger partial charge in [0.15, 0.2) is 11.5 Å². The maximum Gasteiger partial charge on any atom is 0.278 e. The number of benzene rings is 1. The second kappa shape index (κ2) is 11.7. The number of piperazine rings is 1. The Labute approximate surface area is 234 Å². The van der Waals surface area contributed by atoms with E-state index < -0.39 is 5.60 Å². The summed E-state index contributed by atoms with van der Waals surface area (Å²) in [6, 6.07) is 13.7. The van der Waals surface area contributed by atoms with Gasteiger partial charge in [0.2, 0.25) is 5.95 Å². The lowest BCUT2D eigenvalue weighted by molar-refractivity contribution is 0.0738. The molecule has 1 aliphatic rings. The van der Waals surface area contributed by atoms with Crippen LogP contribution in [0.2, 0.25) is 0 Å². The van der Waals surface area contributed by atoms with E-state index in [2.05, 4.69) is 37.2 Å². The average molecular weight is 546 g/mol. The maximum atomic E-state index is 13.3. The number of rotatable bonds is 10. The molecule has 0 unspecified atom stereocenters. The molecular weight excluding hydrogens is 506 g/mol. The van der Waals surface area contributed by atoms with Crippen LogP contribution in [-0.4, -0.2) is 73.6 Å². The monoisotopic (exact) mass is 545 g/mol. The summed E-state index contributed by atoms with van der Waals surface area (Å²) in [6.45, 7) is 11.7. The van der Waals surface area contributed by atoms with Crippen LogP contribution < -0.4 is 21.5 Å². The summed E-state index contributed by atoms with van der Waals surface area (Å²) in [5.41, 5.74) is 7.36. The summed E-state index contributed by atoms with van der Waals surface area (Å²) in [7, 11) is 0. The zero-order chi connectivity index (χ0) is 28.3. The molecule has 0 radical (unpaired) electrons. The number of pyridine rings is 1. The highest BCUT2D eigenvalue weighted by Gasteiger charge is 2.22. The zero-order valence-electron chi connectivity index (χ0n) is 23.5. The lowest BCUT2D eigenvalue weighted by Crippen LogP contribution is -2.46. The van der Waals surface area contributed by atoms with Crippen LogP contribution in [-0.2, 0) is 12.1 Å². The van der Waals surface area contributed by atoms with Gasteiger partial charge in [-0.2, -0.15) is 4.98 Å². The van der Waals surface area contributed by atoms with Gasteiger partial charge in [0, 0.05) is 50.3 Å². The molecule has 4 aromatic rings. The van der Waals surface area contributed by atoms with Crippen molar-refractivity contribution in [2.75, 3.05) is 49.5 Å². The molecule has 11 heteroatoms. The smallest absolute Gasteiger partial charge is 0.278 e. The van der Waals surface area contributed by atoms with Gasteiger partial charge in [0.1, 0.15) is 11.0 Å². The van der Waals surface area contributed by atoms with Gasteiger partial charge < -0.3 is 21.1 Å². The standard InChI is InChI=1S/C29H39N9O2/c1-4-14-37-27(39)23-20-31-28(34-26(23)38(37)25-8-5-7-24(33-25)29(2,3)40)32-21-9-11-22(12-10-21)36-18-16-35(17-19-36)15-6-13-30/h5,7-12,20,40H,4,6,13-19,30H2,1-3H3,(H,31,32,34). The number of nitrogens with one attached hydrogen (secondary N) is 1. The second-order valence-electron chi connectivity index (χ2n) is 10.8.